The Hall–Kier alpha value is -2.32. The standard InChI is InChI=1S/C18H15Cl3N2O.HNO3/c19-15-4-1-13(2-5-15)11-24-18(23-8-7-22-12-23)9-14-3-6-16(20)10-17(14)21;2-1(3)4/h1-8,10,12,18H,9,11H2;(H,2,3,4). The molecule has 3 rings (SSSR count). The second-order valence-corrected chi connectivity index (χ2v) is 6.86. The molecule has 3 aromatic rings. The lowest BCUT2D eigenvalue weighted by molar-refractivity contribution is -0.742. The Kier molecular flexibility index (Phi) is 8.53. The third-order valence-electron chi connectivity index (χ3n) is 3.62. The van der Waals surface area contributed by atoms with Crippen LogP contribution in [0.4, 0.5) is 0 Å². The molecule has 1 N–H and O–H groups in total. The van der Waals surface area contributed by atoms with Crippen molar-refractivity contribution in [2.24, 2.45) is 0 Å². The van der Waals surface area contributed by atoms with Crippen molar-refractivity contribution < 1.29 is 15.0 Å². The van der Waals surface area contributed by atoms with E-state index in [2.05, 4.69) is 4.98 Å². The SMILES string of the molecule is Clc1ccc(COC(Cc2ccc(Cl)cc2Cl)n2ccnc2)cc1.O=[N+]([O-])O. The molecule has 0 aliphatic rings. The maximum atomic E-state index is 8.36. The van der Waals surface area contributed by atoms with Gasteiger partial charge >= 0.3 is 0 Å². The molecule has 0 saturated carbocycles. The van der Waals surface area contributed by atoms with Gasteiger partial charge in [-0.15, -0.1) is 10.1 Å². The lowest BCUT2D eigenvalue weighted by Crippen LogP contribution is -2.14. The number of imidazole rings is 1. The molecule has 0 aliphatic heterocycles. The molecule has 1 heterocycles. The van der Waals surface area contributed by atoms with Gasteiger partial charge in [-0.2, -0.15) is 0 Å². The zero-order valence-corrected chi connectivity index (χ0v) is 16.7. The average Bonchev–Trinajstić information content (AvgIpc) is 3.16. The number of hydrogen-bond acceptors (Lipinski definition) is 4. The molecule has 28 heavy (non-hydrogen) atoms. The maximum Gasteiger partial charge on any atom is 0.291 e. The molecule has 1 atom stereocenters. The number of benzene rings is 2. The third kappa shape index (κ3) is 7.36. The molecule has 0 bridgehead atoms. The van der Waals surface area contributed by atoms with E-state index in [1.807, 2.05) is 47.2 Å². The van der Waals surface area contributed by atoms with Gasteiger partial charge in [-0.25, -0.2) is 4.98 Å². The molecule has 0 spiro atoms. The van der Waals surface area contributed by atoms with Crippen LogP contribution in [-0.4, -0.2) is 19.8 Å². The van der Waals surface area contributed by atoms with Crippen molar-refractivity contribution in [3.8, 4) is 0 Å². The van der Waals surface area contributed by atoms with E-state index in [4.69, 9.17) is 54.9 Å². The van der Waals surface area contributed by atoms with Gasteiger partial charge in [0.05, 0.1) is 12.9 Å². The molecule has 0 saturated heterocycles. The van der Waals surface area contributed by atoms with Crippen LogP contribution in [0.5, 0.6) is 0 Å². The molecule has 10 heteroatoms. The van der Waals surface area contributed by atoms with Crippen molar-refractivity contribution in [2.75, 3.05) is 0 Å². The number of aromatic nitrogens is 2. The molecular weight excluding hydrogens is 429 g/mol. The van der Waals surface area contributed by atoms with Gasteiger partial charge in [0.1, 0.15) is 6.23 Å². The molecule has 148 valence electrons. The van der Waals surface area contributed by atoms with Gasteiger partial charge in [0.2, 0.25) is 0 Å². The van der Waals surface area contributed by atoms with Crippen molar-refractivity contribution in [1.29, 1.82) is 0 Å². The van der Waals surface area contributed by atoms with Crippen LogP contribution in [0.25, 0.3) is 0 Å². The van der Waals surface area contributed by atoms with Crippen LogP contribution in [0.2, 0.25) is 15.1 Å². The molecule has 1 unspecified atom stereocenters. The summed E-state index contributed by atoms with van der Waals surface area (Å²) in [6, 6.07) is 13.1. The lowest BCUT2D eigenvalue weighted by Gasteiger charge is -2.20. The first kappa shape index (κ1) is 22.0. The van der Waals surface area contributed by atoms with E-state index in [-0.39, 0.29) is 6.23 Å². The predicted octanol–water partition coefficient (Wildman–Crippen LogP) is 5.45. The van der Waals surface area contributed by atoms with Crippen molar-refractivity contribution in [1.82, 2.24) is 9.55 Å². The zero-order valence-electron chi connectivity index (χ0n) is 14.4. The summed E-state index contributed by atoms with van der Waals surface area (Å²) >= 11 is 18.2. The average molecular weight is 445 g/mol. The fraction of sp³-hybridized carbons (Fsp3) is 0.167. The number of halogens is 3. The minimum atomic E-state index is -1.50. The summed E-state index contributed by atoms with van der Waals surface area (Å²) in [5.41, 5.74) is 2.02. The van der Waals surface area contributed by atoms with E-state index in [9.17, 15) is 0 Å². The van der Waals surface area contributed by atoms with E-state index < -0.39 is 5.09 Å². The second-order valence-electron chi connectivity index (χ2n) is 5.58. The molecular formula is C18H16Cl3N3O4. The monoisotopic (exact) mass is 443 g/mol. The molecule has 0 radical (unpaired) electrons. The smallest absolute Gasteiger partial charge is 0.291 e. The summed E-state index contributed by atoms with van der Waals surface area (Å²) in [4.78, 5) is 12.5. The summed E-state index contributed by atoms with van der Waals surface area (Å²) in [7, 11) is 0. The molecule has 0 aliphatic carbocycles. The van der Waals surface area contributed by atoms with Gasteiger partial charge in [0.15, 0.2) is 0 Å². The molecule has 0 amide bonds. The Balaban J connectivity index is 0.000000640. The van der Waals surface area contributed by atoms with Crippen molar-refractivity contribution in [3.63, 3.8) is 0 Å². The second kappa shape index (κ2) is 10.9. The first-order chi connectivity index (χ1) is 13.3. The van der Waals surface area contributed by atoms with Crippen molar-refractivity contribution in [3.05, 3.63) is 97.5 Å². The van der Waals surface area contributed by atoms with E-state index in [1.165, 1.54) is 0 Å². The quantitative estimate of drug-likeness (QED) is 0.403. The summed E-state index contributed by atoms with van der Waals surface area (Å²) in [6.07, 6.45) is 5.72. The minimum Gasteiger partial charge on any atom is -0.353 e. The zero-order chi connectivity index (χ0) is 20.5. The largest absolute Gasteiger partial charge is 0.353 e. The van der Waals surface area contributed by atoms with Crippen LogP contribution < -0.4 is 0 Å². The van der Waals surface area contributed by atoms with Crippen molar-refractivity contribution in [2.45, 2.75) is 19.3 Å². The van der Waals surface area contributed by atoms with Gasteiger partial charge in [0, 0.05) is 33.9 Å². The summed E-state index contributed by atoms with van der Waals surface area (Å²) < 4.78 is 8.01. The number of hydrogen-bond donors (Lipinski definition) is 1. The molecule has 2 aromatic carbocycles. The molecule has 1 aromatic heterocycles. The normalized spacial score (nSPS) is 11.4. The van der Waals surface area contributed by atoms with Gasteiger partial charge in [-0.05, 0) is 35.4 Å². The van der Waals surface area contributed by atoms with Crippen LogP contribution in [0.1, 0.15) is 17.4 Å². The fourth-order valence-electron chi connectivity index (χ4n) is 2.34. The lowest BCUT2D eigenvalue weighted by atomic mass is 10.1. The fourth-order valence-corrected chi connectivity index (χ4v) is 2.95. The predicted molar refractivity (Wildman–Crippen MR) is 106 cm³/mol. The number of ether oxygens (including phenoxy) is 1. The first-order valence-corrected chi connectivity index (χ1v) is 9.09. The molecule has 0 fully saturated rings. The molecule has 7 nitrogen and oxygen atoms in total. The van der Waals surface area contributed by atoms with Crippen LogP contribution in [0.3, 0.4) is 0 Å². The summed E-state index contributed by atoms with van der Waals surface area (Å²) in [5, 5.41) is 15.6. The highest BCUT2D eigenvalue weighted by atomic mass is 35.5. The Morgan fingerprint density at radius 2 is 1.79 bits per heavy atom. The highest BCUT2D eigenvalue weighted by molar-refractivity contribution is 6.35. The number of nitrogens with zero attached hydrogens (tertiary/aromatic N) is 3. The highest BCUT2D eigenvalue weighted by Crippen LogP contribution is 2.26. The van der Waals surface area contributed by atoms with Crippen LogP contribution in [-0.2, 0) is 17.8 Å². The van der Waals surface area contributed by atoms with Crippen LogP contribution in [0, 0.1) is 10.1 Å². The Labute approximate surface area is 176 Å². The number of rotatable bonds is 6. The van der Waals surface area contributed by atoms with Crippen LogP contribution in [0.15, 0.2) is 61.2 Å². The minimum absolute atomic E-state index is 0.221. The van der Waals surface area contributed by atoms with E-state index in [1.54, 1.807) is 18.6 Å². The van der Waals surface area contributed by atoms with E-state index in [0.29, 0.717) is 28.1 Å². The van der Waals surface area contributed by atoms with Crippen molar-refractivity contribution >= 4 is 34.8 Å². The summed E-state index contributed by atoms with van der Waals surface area (Å²) in [5.74, 6) is 0. The van der Waals surface area contributed by atoms with E-state index in [0.717, 1.165) is 11.1 Å². The van der Waals surface area contributed by atoms with E-state index >= 15 is 0 Å². The first-order valence-electron chi connectivity index (χ1n) is 7.96. The third-order valence-corrected chi connectivity index (χ3v) is 4.46. The summed E-state index contributed by atoms with van der Waals surface area (Å²) in [6.45, 7) is 0.464. The Morgan fingerprint density at radius 3 is 2.36 bits per heavy atom. The maximum absolute atomic E-state index is 8.36. The Bertz CT molecular complexity index is 886. The van der Waals surface area contributed by atoms with Gasteiger partial charge in [-0.1, -0.05) is 53.0 Å². The van der Waals surface area contributed by atoms with Gasteiger partial charge in [0.25, 0.3) is 5.09 Å². The van der Waals surface area contributed by atoms with Gasteiger partial charge in [-0.3, -0.25) is 0 Å². The Morgan fingerprint density at radius 1 is 1.14 bits per heavy atom. The van der Waals surface area contributed by atoms with Gasteiger partial charge < -0.3 is 14.5 Å². The highest BCUT2D eigenvalue weighted by Gasteiger charge is 2.14. The topological polar surface area (TPSA) is 90.4 Å². The van der Waals surface area contributed by atoms with Crippen LogP contribution >= 0.6 is 34.8 Å².